The van der Waals surface area contributed by atoms with Crippen molar-refractivity contribution in [3.05, 3.63) is 33.4 Å². The molecule has 2 aromatic heterocycles. The second kappa shape index (κ2) is 7.46. The summed E-state index contributed by atoms with van der Waals surface area (Å²) >= 11 is 0. The number of nitrogens with zero attached hydrogens (tertiary/aromatic N) is 3. The fraction of sp³-hybridized carbons (Fsp3) is 0.650. The number of carbonyl (C=O) groups is 1. The second-order valence-corrected chi connectivity index (χ2v) is 7.75. The molecule has 4 rings (SSSR count). The Morgan fingerprint density at radius 1 is 1.41 bits per heavy atom. The van der Waals surface area contributed by atoms with Crippen LogP contribution in [0, 0.1) is 6.92 Å². The molecule has 2 aliphatic heterocycles. The number of aromatic nitrogens is 3. The third-order valence-corrected chi connectivity index (χ3v) is 5.96. The number of likely N-dealkylation sites (tertiary alicyclic amines) is 1. The Hall–Kier alpha value is -2.15. The highest BCUT2D eigenvalue weighted by atomic mass is 16.5. The summed E-state index contributed by atoms with van der Waals surface area (Å²) in [4.78, 5) is 31.8. The minimum Gasteiger partial charge on any atom is -0.378 e. The number of aryl methyl sites for hydroxylation is 2. The average molecular weight is 372 g/mol. The highest BCUT2D eigenvalue weighted by Gasteiger charge is 2.29. The molecule has 146 valence electrons. The molecule has 2 fully saturated rings. The van der Waals surface area contributed by atoms with Gasteiger partial charge < -0.3 is 9.64 Å². The van der Waals surface area contributed by atoms with Crippen molar-refractivity contribution < 1.29 is 9.53 Å². The van der Waals surface area contributed by atoms with Crippen LogP contribution in [0.1, 0.15) is 61.9 Å². The van der Waals surface area contributed by atoms with E-state index in [4.69, 9.17) is 9.72 Å². The number of fused-ring (bicyclic) bond motifs is 1. The fourth-order valence-corrected chi connectivity index (χ4v) is 4.39. The Morgan fingerprint density at radius 2 is 2.26 bits per heavy atom. The maximum Gasteiger partial charge on any atom is 0.272 e. The van der Waals surface area contributed by atoms with E-state index in [1.807, 2.05) is 11.8 Å². The number of H-pyrrole nitrogens is 1. The summed E-state index contributed by atoms with van der Waals surface area (Å²) in [5.41, 5.74) is 3.51. The van der Waals surface area contributed by atoms with Gasteiger partial charge in [-0.05, 0) is 39.0 Å². The Balaban J connectivity index is 1.46. The third-order valence-electron chi connectivity index (χ3n) is 5.96. The average Bonchev–Trinajstić information content (AvgIpc) is 3.39. The van der Waals surface area contributed by atoms with Crippen LogP contribution >= 0.6 is 0 Å². The molecule has 1 N–H and O–H groups in total. The Bertz CT molecular complexity index is 894. The fourth-order valence-electron chi connectivity index (χ4n) is 4.39. The van der Waals surface area contributed by atoms with Gasteiger partial charge in [0.1, 0.15) is 0 Å². The van der Waals surface area contributed by atoms with Crippen molar-refractivity contribution in [2.45, 2.75) is 64.4 Å². The standard InChI is InChI=1S/C20H28N4O3/c1-3-16-13(2)22-24-19(26)11-17(21-20(16)24)14-8-9-23(12-14)18(25)7-6-15-5-4-10-27-15/h11,14-15,22H,3-10,12H2,1-2H3/t14-,15+/m0/s1. The number of nitrogens with one attached hydrogen (secondary N) is 1. The van der Waals surface area contributed by atoms with E-state index in [0.29, 0.717) is 13.0 Å². The molecule has 0 aromatic carbocycles. The van der Waals surface area contributed by atoms with Crippen LogP contribution < -0.4 is 5.56 Å². The van der Waals surface area contributed by atoms with E-state index in [9.17, 15) is 9.59 Å². The van der Waals surface area contributed by atoms with Gasteiger partial charge in [0.25, 0.3) is 5.56 Å². The third kappa shape index (κ3) is 3.52. The van der Waals surface area contributed by atoms with Gasteiger partial charge in [-0.2, -0.15) is 0 Å². The van der Waals surface area contributed by atoms with Gasteiger partial charge in [-0.25, -0.2) is 9.50 Å². The van der Waals surface area contributed by atoms with Gasteiger partial charge in [0.05, 0.1) is 11.8 Å². The number of carbonyl (C=O) groups excluding carboxylic acids is 1. The maximum atomic E-state index is 12.5. The normalized spacial score (nSPS) is 22.8. The van der Waals surface area contributed by atoms with E-state index in [-0.39, 0.29) is 23.5 Å². The largest absolute Gasteiger partial charge is 0.378 e. The molecular formula is C20H28N4O3. The minimum absolute atomic E-state index is 0.0824. The molecule has 7 heteroatoms. The zero-order chi connectivity index (χ0) is 19.0. The van der Waals surface area contributed by atoms with Crippen LogP contribution in [0.2, 0.25) is 0 Å². The molecule has 4 heterocycles. The highest BCUT2D eigenvalue weighted by Crippen LogP contribution is 2.27. The summed E-state index contributed by atoms with van der Waals surface area (Å²) in [5.74, 6) is 0.326. The topological polar surface area (TPSA) is 79.7 Å². The Morgan fingerprint density at radius 3 is 3.00 bits per heavy atom. The van der Waals surface area contributed by atoms with Crippen LogP contribution in [0.25, 0.3) is 5.65 Å². The van der Waals surface area contributed by atoms with E-state index < -0.39 is 0 Å². The number of rotatable bonds is 5. The van der Waals surface area contributed by atoms with E-state index in [0.717, 1.165) is 67.9 Å². The summed E-state index contributed by atoms with van der Waals surface area (Å²) in [5, 5.41) is 3.10. The molecule has 0 unspecified atom stereocenters. The lowest BCUT2D eigenvalue weighted by molar-refractivity contribution is -0.130. The van der Waals surface area contributed by atoms with Gasteiger partial charge in [0.15, 0.2) is 5.65 Å². The number of amides is 1. The summed E-state index contributed by atoms with van der Waals surface area (Å²) in [6, 6.07) is 1.62. The number of hydrogen-bond acceptors (Lipinski definition) is 4. The molecule has 7 nitrogen and oxygen atoms in total. The first-order valence-electron chi connectivity index (χ1n) is 10.1. The van der Waals surface area contributed by atoms with Gasteiger partial charge in [0.2, 0.25) is 5.91 Å². The molecule has 0 radical (unpaired) electrons. The SMILES string of the molecule is CCc1c(C)[nH]n2c(=O)cc([C@H]3CCN(C(=O)CC[C@H]4CCCO4)C3)nc12. The van der Waals surface area contributed by atoms with Crippen molar-refractivity contribution >= 4 is 11.6 Å². The molecule has 2 atom stereocenters. The van der Waals surface area contributed by atoms with Crippen LogP contribution in [0.3, 0.4) is 0 Å². The van der Waals surface area contributed by atoms with Crippen molar-refractivity contribution in [1.82, 2.24) is 19.5 Å². The van der Waals surface area contributed by atoms with Crippen LogP contribution in [0.5, 0.6) is 0 Å². The molecule has 0 spiro atoms. The maximum absolute atomic E-state index is 12.5. The van der Waals surface area contributed by atoms with Crippen LogP contribution in [0.4, 0.5) is 0 Å². The predicted molar refractivity (Wildman–Crippen MR) is 102 cm³/mol. The first-order valence-corrected chi connectivity index (χ1v) is 10.1. The lowest BCUT2D eigenvalue weighted by Gasteiger charge is -2.17. The zero-order valence-corrected chi connectivity index (χ0v) is 16.2. The molecule has 1 amide bonds. The van der Waals surface area contributed by atoms with Gasteiger partial charge in [-0.1, -0.05) is 6.92 Å². The van der Waals surface area contributed by atoms with E-state index in [1.165, 1.54) is 4.52 Å². The Kier molecular flexibility index (Phi) is 5.04. The summed E-state index contributed by atoms with van der Waals surface area (Å²) in [6.07, 6.45) is 5.47. The van der Waals surface area contributed by atoms with Crippen molar-refractivity contribution in [2.24, 2.45) is 0 Å². The number of hydrogen-bond donors (Lipinski definition) is 1. The Labute approximate surface area is 158 Å². The van der Waals surface area contributed by atoms with Gasteiger partial charge in [-0.3, -0.25) is 14.7 Å². The predicted octanol–water partition coefficient (Wildman–Crippen LogP) is 2.17. The number of aromatic amines is 1. The van der Waals surface area contributed by atoms with Crippen molar-refractivity contribution in [3.8, 4) is 0 Å². The van der Waals surface area contributed by atoms with Crippen molar-refractivity contribution in [1.29, 1.82) is 0 Å². The molecule has 0 aliphatic carbocycles. The minimum atomic E-state index is -0.0824. The molecule has 27 heavy (non-hydrogen) atoms. The molecule has 2 saturated heterocycles. The first kappa shape index (κ1) is 18.2. The molecular weight excluding hydrogens is 344 g/mol. The first-order chi connectivity index (χ1) is 13.1. The lowest BCUT2D eigenvalue weighted by Crippen LogP contribution is -2.29. The van der Waals surface area contributed by atoms with E-state index >= 15 is 0 Å². The number of ether oxygens (including phenoxy) is 1. The monoisotopic (exact) mass is 372 g/mol. The van der Waals surface area contributed by atoms with Crippen LogP contribution in [-0.4, -0.2) is 51.2 Å². The van der Waals surface area contributed by atoms with Crippen LogP contribution in [-0.2, 0) is 16.0 Å². The lowest BCUT2D eigenvalue weighted by atomic mass is 10.0. The van der Waals surface area contributed by atoms with Gasteiger partial charge in [0, 0.05) is 49.4 Å². The van der Waals surface area contributed by atoms with Crippen LogP contribution in [0.15, 0.2) is 10.9 Å². The van der Waals surface area contributed by atoms with Gasteiger partial charge >= 0.3 is 0 Å². The van der Waals surface area contributed by atoms with E-state index in [2.05, 4.69) is 12.0 Å². The summed E-state index contributed by atoms with van der Waals surface area (Å²) < 4.78 is 7.14. The highest BCUT2D eigenvalue weighted by molar-refractivity contribution is 5.76. The quantitative estimate of drug-likeness (QED) is 0.872. The second-order valence-electron chi connectivity index (χ2n) is 7.75. The van der Waals surface area contributed by atoms with Crippen molar-refractivity contribution in [2.75, 3.05) is 19.7 Å². The molecule has 2 aliphatic rings. The molecule has 0 bridgehead atoms. The summed E-state index contributed by atoms with van der Waals surface area (Å²) in [6.45, 7) is 6.25. The van der Waals surface area contributed by atoms with Gasteiger partial charge in [-0.15, -0.1) is 0 Å². The zero-order valence-electron chi connectivity index (χ0n) is 16.2. The summed E-state index contributed by atoms with van der Waals surface area (Å²) in [7, 11) is 0. The van der Waals surface area contributed by atoms with Crippen molar-refractivity contribution in [3.63, 3.8) is 0 Å². The molecule has 0 saturated carbocycles. The smallest absolute Gasteiger partial charge is 0.272 e. The molecule has 2 aromatic rings. The van der Waals surface area contributed by atoms with E-state index in [1.54, 1.807) is 6.07 Å².